The van der Waals surface area contributed by atoms with Crippen molar-refractivity contribution in [1.29, 1.82) is 0 Å². The minimum Gasteiger partial charge on any atom is -0.452 e. The van der Waals surface area contributed by atoms with Gasteiger partial charge < -0.3 is 10.1 Å². The first kappa shape index (κ1) is 14.5. The third kappa shape index (κ3) is 2.43. The summed E-state index contributed by atoms with van der Waals surface area (Å²) in [6, 6.07) is 7.49. The maximum Gasteiger partial charge on any atom is 0.415 e. The van der Waals surface area contributed by atoms with Crippen molar-refractivity contribution in [1.82, 2.24) is 9.27 Å². The summed E-state index contributed by atoms with van der Waals surface area (Å²) in [6.07, 6.45) is 1.48. The number of hydrogen-bond acceptors (Lipinski definition) is 5. The van der Waals surface area contributed by atoms with E-state index >= 15 is 0 Å². The number of benzene rings is 1. The number of halogens is 1. The number of amides is 1. The second kappa shape index (κ2) is 5.76. The number of rotatable bonds is 2. The van der Waals surface area contributed by atoms with Gasteiger partial charge in [0.2, 0.25) is 0 Å². The fourth-order valence-corrected chi connectivity index (χ4v) is 2.95. The topological polar surface area (TPSA) is 54.5 Å². The quantitative estimate of drug-likeness (QED) is 0.917. The molecule has 114 valence electrons. The average Bonchev–Trinajstić information content (AvgIpc) is 2.99. The van der Waals surface area contributed by atoms with E-state index in [9.17, 15) is 9.18 Å². The lowest BCUT2D eigenvalue weighted by Crippen LogP contribution is -2.48. The number of anilines is 1. The van der Waals surface area contributed by atoms with Gasteiger partial charge >= 0.3 is 6.09 Å². The SMILES string of the molecule is COC(=O)N1C=c2cnsc2=C(F)C1Nc1ccccc1C. The Morgan fingerprint density at radius 1 is 1.45 bits per heavy atom. The van der Waals surface area contributed by atoms with Crippen molar-refractivity contribution in [2.75, 3.05) is 12.4 Å². The lowest BCUT2D eigenvalue weighted by molar-refractivity contribution is 0.139. The van der Waals surface area contributed by atoms with Gasteiger partial charge in [-0.25, -0.2) is 9.18 Å². The van der Waals surface area contributed by atoms with Gasteiger partial charge in [-0.2, -0.15) is 4.37 Å². The number of nitrogens with one attached hydrogen (secondary N) is 1. The van der Waals surface area contributed by atoms with E-state index in [-0.39, 0.29) is 0 Å². The van der Waals surface area contributed by atoms with E-state index in [4.69, 9.17) is 4.74 Å². The van der Waals surface area contributed by atoms with Crippen molar-refractivity contribution in [2.24, 2.45) is 0 Å². The Morgan fingerprint density at radius 3 is 2.95 bits per heavy atom. The predicted octanol–water partition coefficient (Wildman–Crippen LogP) is 1.79. The molecular weight excluding hydrogens is 305 g/mol. The third-order valence-electron chi connectivity index (χ3n) is 3.43. The Hall–Kier alpha value is -2.41. The minimum absolute atomic E-state index is 0.422. The van der Waals surface area contributed by atoms with Crippen molar-refractivity contribution in [3.05, 3.63) is 45.8 Å². The summed E-state index contributed by atoms with van der Waals surface area (Å²) >= 11 is 1.06. The number of carbonyl (C=O) groups is 1. The highest BCUT2D eigenvalue weighted by atomic mass is 32.1. The predicted molar refractivity (Wildman–Crippen MR) is 83.2 cm³/mol. The number of aryl methyl sites for hydroxylation is 1. The molecule has 1 amide bonds. The van der Waals surface area contributed by atoms with Crippen LogP contribution in [-0.2, 0) is 4.74 Å². The van der Waals surface area contributed by atoms with Gasteiger partial charge in [-0.15, -0.1) is 0 Å². The van der Waals surface area contributed by atoms with Crippen molar-refractivity contribution in [3.63, 3.8) is 0 Å². The molecule has 0 bridgehead atoms. The van der Waals surface area contributed by atoms with E-state index in [1.807, 2.05) is 31.2 Å². The van der Waals surface area contributed by atoms with Gasteiger partial charge in [-0.05, 0) is 30.1 Å². The fourth-order valence-electron chi connectivity index (χ4n) is 2.27. The molecule has 5 nitrogen and oxygen atoms in total. The number of fused-ring (bicyclic) bond motifs is 1. The normalized spacial score (nSPS) is 16.8. The number of aromatic nitrogens is 1. The first-order chi connectivity index (χ1) is 10.6. The molecule has 1 aromatic heterocycles. The summed E-state index contributed by atoms with van der Waals surface area (Å²) in [5.74, 6) is -0.450. The molecule has 2 aromatic rings. The largest absolute Gasteiger partial charge is 0.452 e. The van der Waals surface area contributed by atoms with Crippen LogP contribution in [0.2, 0.25) is 0 Å². The van der Waals surface area contributed by atoms with Gasteiger partial charge in [0.15, 0.2) is 12.0 Å². The molecule has 0 radical (unpaired) electrons. The Kier molecular flexibility index (Phi) is 3.81. The molecule has 0 saturated carbocycles. The van der Waals surface area contributed by atoms with E-state index in [1.54, 1.807) is 6.20 Å². The van der Waals surface area contributed by atoms with Crippen LogP contribution >= 0.6 is 11.5 Å². The van der Waals surface area contributed by atoms with E-state index in [0.717, 1.165) is 22.8 Å². The summed E-state index contributed by atoms with van der Waals surface area (Å²) in [7, 11) is 1.26. The van der Waals surface area contributed by atoms with Crippen LogP contribution < -0.4 is 15.1 Å². The number of ether oxygens (including phenoxy) is 1. The molecule has 22 heavy (non-hydrogen) atoms. The van der Waals surface area contributed by atoms with Crippen molar-refractivity contribution >= 4 is 35.3 Å². The molecule has 0 spiro atoms. The van der Waals surface area contributed by atoms with E-state index in [1.165, 1.54) is 18.2 Å². The van der Waals surface area contributed by atoms with Gasteiger partial charge in [0.05, 0.1) is 17.8 Å². The van der Waals surface area contributed by atoms with Crippen LogP contribution in [-0.4, -0.2) is 28.6 Å². The third-order valence-corrected chi connectivity index (χ3v) is 4.26. The molecule has 0 saturated heterocycles. The molecule has 2 heterocycles. The molecule has 3 rings (SSSR count). The van der Waals surface area contributed by atoms with Crippen LogP contribution in [0.1, 0.15) is 5.56 Å². The van der Waals surface area contributed by atoms with E-state index in [2.05, 4.69) is 9.69 Å². The molecule has 0 aliphatic carbocycles. The number of carbonyl (C=O) groups excluding carboxylic acids is 1. The summed E-state index contributed by atoms with van der Waals surface area (Å²) in [5.41, 5.74) is 1.70. The van der Waals surface area contributed by atoms with Gasteiger partial charge in [0.25, 0.3) is 0 Å². The van der Waals surface area contributed by atoms with Crippen molar-refractivity contribution in [2.45, 2.75) is 13.1 Å². The van der Waals surface area contributed by atoms with E-state index < -0.39 is 18.1 Å². The Bertz CT molecular complexity index is 833. The second-order valence-corrected chi connectivity index (χ2v) is 5.63. The zero-order valence-corrected chi connectivity index (χ0v) is 12.9. The molecule has 1 aliphatic rings. The molecule has 0 fully saturated rings. The van der Waals surface area contributed by atoms with Gasteiger partial charge in [-0.3, -0.25) is 4.90 Å². The Labute approximate surface area is 130 Å². The zero-order valence-electron chi connectivity index (χ0n) is 12.0. The standard InChI is InChI=1S/C15H14FN3O2S/c1-9-5-3-4-6-11(9)18-14-12(16)13-10(7-17-22-13)8-19(14)15(20)21-2/h3-8,14,18H,1-2H3. The fraction of sp³-hybridized carbons (Fsp3) is 0.200. The number of hydrogen-bond donors (Lipinski definition) is 1. The van der Waals surface area contributed by atoms with Gasteiger partial charge in [0, 0.05) is 17.1 Å². The zero-order chi connectivity index (χ0) is 15.7. The highest BCUT2D eigenvalue weighted by Gasteiger charge is 2.31. The Balaban J connectivity index is 2.07. The second-order valence-electron chi connectivity index (χ2n) is 4.83. The van der Waals surface area contributed by atoms with Crippen LogP contribution in [0, 0.1) is 6.92 Å². The molecule has 1 unspecified atom stereocenters. The molecule has 1 N–H and O–H groups in total. The number of para-hydroxylation sites is 1. The Morgan fingerprint density at radius 2 is 2.23 bits per heavy atom. The summed E-state index contributed by atoms with van der Waals surface area (Å²) in [6.45, 7) is 1.91. The smallest absolute Gasteiger partial charge is 0.415 e. The van der Waals surface area contributed by atoms with Crippen LogP contribution in [0.3, 0.4) is 0 Å². The molecule has 1 atom stereocenters. The van der Waals surface area contributed by atoms with Gasteiger partial charge in [-0.1, -0.05) is 18.2 Å². The molecule has 7 heteroatoms. The maximum absolute atomic E-state index is 14.8. The lowest BCUT2D eigenvalue weighted by atomic mass is 10.2. The van der Waals surface area contributed by atoms with E-state index in [0.29, 0.717) is 9.75 Å². The average molecular weight is 319 g/mol. The van der Waals surface area contributed by atoms with Crippen molar-refractivity contribution < 1.29 is 13.9 Å². The summed E-state index contributed by atoms with van der Waals surface area (Å²) in [5, 5.41) is 3.62. The van der Waals surface area contributed by atoms with Gasteiger partial charge in [0.1, 0.15) is 0 Å². The first-order valence-corrected chi connectivity index (χ1v) is 7.40. The summed E-state index contributed by atoms with van der Waals surface area (Å²) in [4.78, 5) is 13.2. The monoisotopic (exact) mass is 319 g/mol. The van der Waals surface area contributed by atoms with Crippen molar-refractivity contribution in [3.8, 4) is 0 Å². The van der Waals surface area contributed by atoms with Crippen LogP contribution in [0.4, 0.5) is 14.9 Å². The lowest BCUT2D eigenvalue weighted by Gasteiger charge is -2.30. The molecule has 1 aliphatic heterocycles. The summed E-state index contributed by atoms with van der Waals surface area (Å²) < 4.78 is 23.9. The minimum atomic E-state index is -0.957. The van der Waals surface area contributed by atoms with Crippen LogP contribution in [0.15, 0.2) is 30.5 Å². The van der Waals surface area contributed by atoms with Crippen LogP contribution in [0.25, 0.3) is 12.0 Å². The number of nitrogens with zero attached hydrogens (tertiary/aromatic N) is 2. The number of methoxy groups -OCH3 is 1. The maximum atomic E-state index is 14.8. The highest BCUT2D eigenvalue weighted by molar-refractivity contribution is 7.03. The van der Waals surface area contributed by atoms with Crippen LogP contribution in [0.5, 0.6) is 0 Å². The first-order valence-electron chi connectivity index (χ1n) is 6.62. The molecular formula is C15H14FN3O2S. The highest BCUT2D eigenvalue weighted by Crippen LogP contribution is 2.22. The molecule has 1 aromatic carbocycles.